The molecule has 0 saturated carbocycles. The van der Waals surface area contributed by atoms with Gasteiger partial charge in [0.15, 0.2) is 17.3 Å². The predicted octanol–water partition coefficient (Wildman–Crippen LogP) is 7.19. The maximum absolute atomic E-state index is 13.0. The second kappa shape index (κ2) is 10.0. The monoisotopic (exact) mass is 457 g/mol. The van der Waals surface area contributed by atoms with E-state index in [4.69, 9.17) is 9.47 Å². The van der Waals surface area contributed by atoms with Crippen LogP contribution in [0.15, 0.2) is 78.9 Å². The first-order valence-corrected chi connectivity index (χ1v) is 12.1. The highest BCUT2D eigenvalue weighted by molar-refractivity contribution is 5.96. The van der Waals surface area contributed by atoms with Crippen molar-refractivity contribution < 1.29 is 14.3 Å². The minimum absolute atomic E-state index is 0.0420. The number of ketones is 1. The Labute approximate surface area is 203 Å². The predicted molar refractivity (Wildman–Crippen MR) is 137 cm³/mol. The lowest BCUT2D eigenvalue weighted by atomic mass is 9.74. The van der Waals surface area contributed by atoms with Crippen LogP contribution in [0.2, 0.25) is 0 Å². The first-order chi connectivity index (χ1) is 16.2. The fourth-order valence-corrected chi connectivity index (χ4v) is 5.28. The van der Waals surface area contributed by atoms with Gasteiger partial charge in [0.2, 0.25) is 0 Å². The van der Waals surface area contributed by atoms with E-state index in [-0.39, 0.29) is 16.9 Å². The number of Topliss-reactive ketones (excluding diaryl/α,β-unsaturated/α-hetero) is 1. The molecule has 0 aliphatic carbocycles. The van der Waals surface area contributed by atoms with Crippen LogP contribution in [0.5, 0.6) is 17.2 Å². The molecule has 3 aromatic carbocycles. The van der Waals surface area contributed by atoms with Crippen LogP contribution in [0.3, 0.4) is 0 Å². The summed E-state index contributed by atoms with van der Waals surface area (Å²) in [7, 11) is 0. The van der Waals surface area contributed by atoms with Crippen molar-refractivity contribution in [3.8, 4) is 17.2 Å². The standard InChI is InChI=1S/C30H35NO3/c1-29(2)19-23(20-30(3,4)31-29)18-26(32)24-14-16-25(17-15-24)34-28-13-9-8-12-27(28)33-21-22-10-6-5-7-11-22/h5-17,23,31H,18-21H2,1-4H3. The molecule has 34 heavy (non-hydrogen) atoms. The summed E-state index contributed by atoms with van der Waals surface area (Å²) in [5, 5.41) is 3.69. The van der Waals surface area contributed by atoms with E-state index in [2.05, 4.69) is 33.0 Å². The largest absolute Gasteiger partial charge is 0.485 e. The summed E-state index contributed by atoms with van der Waals surface area (Å²) in [4.78, 5) is 13.0. The summed E-state index contributed by atoms with van der Waals surface area (Å²) in [6.07, 6.45) is 2.58. The molecule has 0 unspecified atom stereocenters. The van der Waals surface area contributed by atoms with E-state index < -0.39 is 0 Å². The second-order valence-corrected chi connectivity index (χ2v) is 10.6. The van der Waals surface area contributed by atoms with Gasteiger partial charge >= 0.3 is 0 Å². The van der Waals surface area contributed by atoms with Crippen LogP contribution >= 0.6 is 0 Å². The highest BCUT2D eigenvalue weighted by atomic mass is 16.5. The summed E-state index contributed by atoms with van der Waals surface area (Å²) in [6, 6.07) is 25.1. The van der Waals surface area contributed by atoms with Gasteiger partial charge in [-0.15, -0.1) is 0 Å². The fourth-order valence-electron chi connectivity index (χ4n) is 5.28. The number of para-hydroxylation sites is 2. The van der Waals surface area contributed by atoms with E-state index in [1.165, 1.54) is 0 Å². The van der Waals surface area contributed by atoms with Crippen LogP contribution in [0.1, 0.15) is 62.9 Å². The lowest BCUT2D eigenvalue weighted by molar-refractivity contribution is 0.0864. The summed E-state index contributed by atoms with van der Waals surface area (Å²) >= 11 is 0. The Hall–Kier alpha value is -3.11. The summed E-state index contributed by atoms with van der Waals surface area (Å²) in [5.74, 6) is 2.58. The van der Waals surface area contributed by atoms with Crippen LogP contribution in [0, 0.1) is 5.92 Å². The van der Waals surface area contributed by atoms with Gasteiger partial charge in [0.25, 0.3) is 0 Å². The van der Waals surface area contributed by atoms with Crippen molar-refractivity contribution in [2.24, 2.45) is 5.92 Å². The molecular formula is C30H35NO3. The number of ether oxygens (including phenoxy) is 2. The molecule has 1 fully saturated rings. The van der Waals surface area contributed by atoms with Gasteiger partial charge in [-0.3, -0.25) is 4.79 Å². The first kappa shape index (κ1) is 24.0. The molecule has 0 amide bonds. The minimum atomic E-state index is 0.0420. The second-order valence-electron chi connectivity index (χ2n) is 10.6. The molecular weight excluding hydrogens is 422 g/mol. The molecule has 1 aliphatic heterocycles. The topological polar surface area (TPSA) is 47.6 Å². The molecule has 1 aliphatic rings. The molecule has 0 spiro atoms. The maximum Gasteiger partial charge on any atom is 0.169 e. The van der Waals surface area contributed by atoms with Gasteiger partial charge in [-0.2, -0.15) is 0 Å². The highest BCUT2D eigenvalue weighted by Gasteiger charge is 2.38. The molecule has 1 heterocycles. The quantitative estimate of drug-likeness (QED) is 0.364. The Morgan fingerprint density at radius 2 is 1.41 bits per heavy atom. The van der Waals surface area contributed by atoms with Gasteiger partial charge in [-0.05, 0) is 88.4 Å². The third-order valence-electron chi connectivity index (χ3n) is 6.24. The van der Waals surface area contributed by atoms with Gasteiger partial charge in [0.05, 0.1) is 0 Å². The molecule has 1 saturated heterocycles. The lowest BCUT2D eigenvalue weighted by Crippen LogP contribution is -2.57. The average molecular weight is 458 g/mol. The number of carbonyl (C=O) groups excluding carboxylic acids is 1. The molecule has 3 aromatic rings. The number of nitrogens with one attached hydrogen (secondary N) is 1. The number of hydrogen-bond acceptors (Lipinski definition) is 4. The summed E-state index contributed by atoms with van der Waals surface area (Å²) in [5.41, 5.74) is 1.91. The van der Waals surface area contributed by atoms with Gasteiger partial charge in [-0.25, -0.2) is 0 Å². The van der Waals surface area contributed by atoms with Crippen LogP contribution < -0.4 is 14.8 Å². The Morgan fingerprint density at radius 3 is 2.06 bits per heavy atom. The Kier molecular flexibility index (Phi) is 7.08. The molecule has 4 heteroatoms. The number of benzene rings is 3. The Balaban J connectivity index is 1.38. The zero-order chi connectivity index (χ0) is 24.2. The number of hydrogen-bond donors (Lipinski definition) is 1. The molecule has 0 atom stereocenters. The van der Waals surface area contributed by atoms with Crippen molar-refractivity contribution >= 4 is 5.78 Å². The molecule has 178 valence electrons. The fraction of sp³-hybridized carbons (Fsp3) is 0.367. The van der Waals surface area contributed by atoms with Crippen molar-refractivity contribution in [1.82, 2.24) is 5.32 Å². The zero-order valence-electron chi connectivity index (χ0n) is 20.6. The molecule has 0 bridgehead atoms. The Bertz CT molecular complexity index is 1090. The molecule has 1 N–H and O–H groups in total. The minimum Gasteiger partial charge on any atom is -0.485 e. The highest BCUT2D eigenvalue weighted by Crippen LogP contribution is 2.36. The van der Waals surface area contributed by atoms with Gasteiger partial charge in [0, 0.05) is 23.1 Å². The molecule has 0 aromatic heterocycles. The normalized spacial score (nSPS) is 17.2. The van der Waals surface area contributed by atoms with Gasteiger partial charge in [0.1, 0.15) is 12.4 Å². The number of rotatable bonds is 8. The van der Waals surface area contributed by atoms with Crippen molar-refractivity contribution in [3.05, 3.63) is 90.0 Å². The van der Waals surface area contributed by atoms with Crippen molar-refractivity contribution in [2.45, 2.75) is 64.6 Å². The van der Waals surface area contributed by atoms with E-state index in [0.717, 1.165) is 24.0 Å². The smallest absolute Gasteiger partial charge is 0.169 e. The number of carbonyl (C=O) groups is 1. The average Bonchev–Trinajstić information content (AvgIpc) is 2.77. The van der Waals surface area contributed by atoms with E-state index >= 15 is 0 Å². The lowest BCUT2D eigenvalue weighted by Gasteiger charge is -2.46. The first-order valence-electron chi connectivity index (χ1n) is 12.1. The molecule has 4 nitrogen and oxygen atoms in total. The Morgan fingerprint density at radius 1 is 0.824 bits per heavy atom. The van der Waals surface area contributed by atoms with E-state index in [9.17, 15) is 4.79 Å². The van der Waals surface area contributed by atoms with Crippen LogP contribution in [-0.2, 0) is 6.61 Å². The van der Waals surface area contributed by atoms with Crippen molar-refractivity contribution in [2.75, 3.05) is 0 Å². The van der Waals surface area contributed by atoms with Crippen LogP contribution in [-0.4, -0.2) is 16.9 Å². The maximum atomic E-state index is 13.0. The summed E-state index contributed by atoms with van der Waals surface area (Å²) in [6.45, 7) is 9.36. The van der Waals surface area contributed by atoms with Crippen LogP contribution in [0.4, 0.5) is 0 Å². The zero-order valence-corrected chi connectivity index (χ0v) is 20.6. The number of piperidine rings is 1. The van der Waals surface area contributed by atoms with E-state index in [1.54, 1.807) is 0 Å². The van der Waals surface area contributed by atoms with Gasteiger partial charge < -0.3 is 14.8 Å². The third kappa shape index (κ3) is 6.48. The molecule has 0 radical (unpaired) electrons. The van der Waals surface area contributed by atoms with Crippen LogP contribution in [0.25, 0.3) is 0 Å². The molecule has 4 rings (SSSR count). The van der Waals surface area contributed by atoms with Gasteiger partial charge in [-0.1, -0.05) is 42.5 Å². The third-order valence-corrected chi connectivity index (χ3v) is 6.24. The van der Waals surface area contributed by atoms with Crippen molar-refractivity contribution in [1.29, 1.82) is 0 Å². The SMILES string of the molecule is CC1(C)CC(CC(=O)c2ccc(Oc3ccccc3OCc3ccccc3)cc2)CC(C)(C)N1. The van der Waals surface area contributed by atoms with E-state index in [0.29, 0.717) is 36.2 Å². The van der Waals surface area contributed by atoms with E-state index in [1.807, 2.05) is 78.9 Å². The summed E-state index contributed by atoms with van der Waals surface area (Å²) < 4.78 is 12.1. The van der Waals surface area contributed by atoms with Crippen molar-refractivity contribution in [3.63, 3.8) is 0 Å².